The van der Waals surface area contributed by atoms with Gasteiger partial charge in [0.05, 0.1) is 22.8 Å². The molecule has 0 unspecified atom stereocenters. The van der Waals surface area contributed by atoms with Gasteiger partial charge in [0.2, 0.25) is 6.42 Å². The van der Waals surface area contributed by atoms with E-state index in [0.717, 1.165) is 38.0 Å². The first-order valence-electron chi connectivity index (χ1n) is 12.1. The van der Waals surface area contributed by atoms with E-state index in [4.69, 9.17) is 16.3 Å². The molecule has 2 aliphatic heterocycles. The van der Waals surface area contributed by atoms with Crippen LogP contribution in [0.2, 0.25) is 0 Å². The third-order valence-electron chi connectivity index (χ3n) is 7.04. The molecule has 5 rings (SSSR count). The van der Waals surface area contributed by atoms with Crippen LogP contribution in [-0.2, 0) is 16.3 Å². The molecule has 0 bridgehead atoms. The van der Waals surface area contributed by atoms with Gasteiger partial charge in [0, 0.05) is 18.8 Å². The lowest BCUT2D eigenvalue weighted by molar-refractivity contribution is 0.172. The molecule has 31 heavy (non-hydrogen) atoms. The van der Waals surface area contributed by atoms with Gasteiger partial charge in [-0.2, -0.15) is 0 Å². The lowest BCUT2D eigenvalue weighted by Gasteiger charge is -2.40. The summed E-state index contributed by atoms with van der Waals surface area (Å²) in [4.78, 5) is 2.63. The second-order valence-electron chi connectivity index (χ2n) is 10.2. The monoisotopic (exact) mass is 457 g/mol. The number of anilines is 1. The maximum atomic E-state index is 7.03. The van der Waals surface area contributed by atoms with Crippen molar-refractivity contribution in [3.05, 3.63) is 53.1 Å². The fraction of sp³-hybridized carbons (Fsp3) is 0.600. The van der Waals surface area contributed by atoms with Crippen molar-refractivity contribution in [1.29, 1.82) is 0 Å². The quantitative estimate of drug-likeness (QED) is 0.509. The lowest BCUT2D eigenvalue weighted by Crippen LogP contribution is -2.34. The highest BCUT2D eigenvalue weighted by atomic mass is 32.4. The minimum Gasteiger partial charge on any atom is -0.374 e. The predicted octanol–water partition coefficient (Wildman–Crippen LogP) is 6.68. The van der Waals surface area contributed by atoms with Gasteiger partial charge in [0.1, 0.15) is 0 Å². The minimum atomic E-state index is -2.46. The number of nitrogens with one attached hydrogen (secondary N) is 1. The van der Waals surface area contributed by atoms with Crippen LogP contribution in [-0.4, -0.2) is 24.1 Å². The zero-order valence-corrected chi connectivity index (χ0v) is 20.7. The van der Waals surface area contributed by atoms with Crippen LogP contribution < -0.4 is 10.2 Å². The van der Waals surface area contributed by atoms with E-state index >= 15 is 0 Å². The Balaban J connectivity index is 1.62. The average molecular weight is 458 g/mol. The van der Waals surface area contributed by atoms with Crippen molar-refractivity contribution in [1.82, 2.24) is 10.3 Å². The van der Waals surface area contributed by atoms with Gasteiger partial charge in [-0.05, 0) is 67.9 Å². The highest BCUT2D eigenvalue weighted by Crippen LogP contribution is 2.69. The Morgan fingerprint density at radius 2 is 1.68 bits per heavy atom. The molecule has 1 aromatic carbocycles. The molecule has 1 saturated carbocycles. The summed E-state index contributed by atoms with van der Waals surface area (Å²) in [6.45, 7) is 6.98. The first kappa shape index (κ1) is 21.6. The first-order chi connectivity index (χ1) is 15.0. The molecule has 168 valence electrons. The van der Waals surface area contributed by atoms with Gasteiger partial charge < -0.3 is 9.42 Å². The summed E-state index contributed by atoms with van der Waals surface area (Å²) in [5.74, 6) is 0. The number of piperidine rings is 1. The maximum absolute atomic E-state index is 7.03. The normalized spacial score (nSPS) is 28.9. The molecule has 1 N–H and O–H groups in total. The molecule has 0 amide bonds. The van der Waals surface area contributed by atoms with Gasteiger partial charge in [-0.15, -0.1) is 0 Å². The summed E-state index contributed by atoms with van der Waals surface area (Å²) in [5.41, 5.74) is 7.61. The summed E-state index contributed by atoms with van der Waals surface area (Å²) < 4.78 is 9.26. The Hall–Kier alpha value is -1.29. The maximum Gasteiger partial charge on any atom is 0.208 e. The van der Waals surface area contributed by atoms with Crippen molar-refractivity contribution >= 4 is 23.9 Å². The lowest BCUT2D eigenvalue weighted by atomic mass is 9.82. The molecule has 1 aromatic rings. The Bertz CT molecular complexity index is 914. The van der Waals surface area contributed by atoms with Crippen molar-refractivity contribution in [3.8, 4) is 0 Å². The molecular formula is C25H36N3OPS. The Kier molecular flexibility index (Phi) is 5.96. The topological polar surface area (TPSA) is 27.7 Å². The fourth-order valence-corrected chi connectivity index (χ4v) is 9.58. The standard InChI is InChI=1S/C25H36N3OPS/c1-25(2)18-22-24(23(19-25)27-16-10-5-11-17-27)30(31,29-21-14-8-4-9-15-21)28(26-22)20-12-6-3-7-13-20/h3,6-7,12-13,18,21,26H,4-5,8-11,14-17,19H2,1-2H3/t30-/m1/s1. The molecule has 4 nitrogen and oxygen atoms in total. The predicted molar refractivity (Wildman–Crippen MR) is 133 cm³/mol. The number of rotatable bonds is 4. The highest BCUT2D eigenvalue weighted by molar-refractivity contribution is 8.15. The SMILES string of the molecule is CC1(C)C=C2NN(c3ccccc3)[P@@](=S)(OC3CCCCC3)C2=C(N2CCCCC2)C1. The van der Waals surface area contributed by atoms with E-state index in [9.17, 15) is 0 Å². The van der Waals surface area contributed by atoms with Crippen molar-refractivity contribution in [2.75, 3.05) is 17.9 Å². The molecule has 4 aliphatic rings. The molecule has 3 fully saturated rings. The zero-order chi connectivity index (χ0) is 21.5. The molecule has 1 atom stereocenters. The van der Waals surface area contributed by atoms with E-state index in [-0.39, 0.29) is 11.5 Å². The summed E-state index contributed by atoms with van der Waals surface area (Å²) in [7, 11) is 0. The largest absolute Gasteiger partial charge is 0.374 e. The number of hydrazine groups is 1. The van der Waals surface area contributed by atoms with Crippen LogP contribution in [0.4, 0.5) is 5.69 Å². The van der Waals surface area contributed by atoms with E-state index < -0.39 is 6.42 Å². The van der Waals surface area contributed by atoms with Crippen LogP contribution >= 0.6 is 6.42 Å². The Morgan fingerprint density at radius 3 is 2.39 bits per heavy atom. The zero-order valence-electron chi connectivity index (χ0n) is 19.0. The fourth-order valence-electron chi connectivity index (χ4n) is 5.54. The highest BCUT2D eigenvalue weighted by Gasteiger charge is 2.48. The van der Waals surface area contributed by atoms with Crippen LogP contribution in [0.3, 0.4) is 0 Å². The Morgan fingerprint density at radius 1 is 1.00 bits per heavy atom. The first-order valence-corrected chi connectivity index (χ1v) is 14.8. The number of fused-ring (bicyclic) bond motifs is 1. The van der Waals surface area contributed by atoms with Gasteiger partial charge in [0.25, 0.3) is 0 Å². The number of hydrogen-bond donors (Lipinski definition) is 1. The molecule has 0 aromatic heterocycles. The molecule has 2 heterocycles. The second kappa shape index (κ2) is 8.57. The molecule has 2 aliphatic carbocycles. The van der Waals surface area contributed by atoms with Gasteiger partial charge in [-0.25, -0.2) is 4.78 Å². The number of nitrogens with zero attached hydrogens (tertiary/aromatic N) is 2. The minimum absolute atomic E-state index is 0.107. The number of likely N-dealkylation sites (tertiary alicyclic amines) is 1. The average Bonchev–Trinajstić information content (AvgIpc) is 3.06. The van der Waals surface area contributed by atoms with Crippen LogP contribution in [0.25, 0.3) is 0 Å². The molecular weight excluding hydrogens is 421 g/mol. The van der Waals surface area contributed by atoms with E-state index in [1.807, 2.05) is 0 Å². The molecule has 0 spiro atoms. The van der Waals surface area contributed by atoms with E-state index in [1.165, 1.54) is 55.2 Å². The molecule has 0 radical (unpaired) electrons. The third kappa shape index (κ3) is 4.21. The van der Waals surface area contributed by atoms with Crippen molar-refractivity contribution in [2.45, 2.75) is 77.7 Å². The smallest absolute Gasteiger partial charge is 0.208 e. The summed E-state index contributed by atoms with van der Waals surface area (Å²) in [5, 5.41) is 1.30. The van der Waals surface area contributed by atoms with Crippen LogP contribution in [0.1, 0.15) is 71.6 Å². The van der Waals surface area contributed by atoms with Crippen molar-refractivity contribution in [2.24, 2.45) is 5.41 Å². The van der Waals surface area contributed by atoms with E-state index in [1.54, 1.807) is 0 Å². The molecule has 6 heteroatoms. The van der Waals surface area contributed by atoms with Crippen molar-refractivity contribution in [3.63, 3.8) is 0 Å². The number of hydrogen-bond acceptors (Lipinski definition) is 4. The summed E-state index contributed by atoms with van der Waals surface area (Å²) in [6.07, 6.45) is 11.3. The van der Waals surface area contributed by atoms with Crippen LogP contribution in [0.15, 0.2) is 53.1 Å². The number of allylic oxidation sites excluding steroid dienone is 3. The molecule has 2 saturated heterocycles. The summed E-state index contributed by atoms with van der Waals surface area (Å²) in [6, 6.07) is 10.6. The number of benzene rings is 1. The van der Waals surface area contributed by atoms with E-state index in [0.29, 0.717) is 0 Å². The third-order valence-corrected chi connectivity index (χ3v) is 10.8. The second-order valence-corrected chi connectivity index (χ2v) is 13.8. The Labute approximate surface area is 192 Å². The van der Waals surface area contributed by atoms with Crippen LogP contribution in [0.5, 0.6) is 0 Å². The summed E-state index contributed by atoms with van der Waals surface area (Å²) >= 11 is 6.60. The van der Waals surface area contributed by atoms with E-state index in [2.05, 4.69) is 65.4 Å². The van der Waals surface area contributed by atoms with Gasteiger partial charge in [-0.3, -0.25) is 5.43 Å². The van der Waals surface area contributed by atoms with Gasteiger partial charge in [0.15, 0.2) is 0 Å². The van der Waals surface area contributed by atoms with Gasteiger partial charge >= 0.3 is 0 Å². The number of para-hydroxylation sites is 1. The van der Waals surface area contributed by atoms with Gasteiger partial charge in [-0.1, -0.05) is 57.4 Å². The van der Waals surface area contributed by atoms with Crippen LogP contribution in [0, 0.1) is 5.41 Å². The van der Waals surface area contributed by atoms with Crippen molar-refractivity contribution < 1.29 is 4.52 Å².